The van der Waals surface area contributed by atoms with E-state index in [1.807, 2.05) is 55.5 Å². The van der Waals surface area contributed by atoms with E-state index < -0.39 is 0 Å². The molecule has 5 rings (SSSR count). The molecule has 9 heteroatoms. The molecule has 1 N–H and O–H groups in total. The maximum atomic E-state index is 5.89. The van der Waals surface area contributed by atoms with Crippen LogP contribution in [0.5, 0.6) is 11.5 Å². The second-order valence-corrected chi connectivity index (χ2v) is 8.94. The molecule has 2 aliphatic heterocycles. The monoisotopic (exact) mass is 492 g/mol. The normalized spacial score (nSPS) is 20.2. The Morgan fingerprint density at radius 3 is 2.63 bits per heavy atom. The van der Waals surface area contributed by atoms with Gasteiger partial charge in [-0.2, -0.15) is 4.98 Å². The van der Waals surface area contributed by atoms with E-state index in [0.29, 0.717) is 23.4 Å². The van der Waals surface area contributed by atoms with Crippen molar-refractivity contribution >= 4 is 22.9 Å². The Labute approximate surface area is 209 Å². The van der Waals surface area contributed by atoms with Gasteiger partial charge in [0.15, 0.2) is 5.11 Å². The van der Waals surface area contributed by atoms with E-state index in [1.165, 1.54) is 0 Å². The van der Waals surface area contributed by atoms with Crippen molar-refractivity contribution in [2.24, 2.45) is 0 Å². The van der Waals surface area contributed by atoms with Crippen LogP contribution >= 0.6 is 12.2 Å². The number of ether oxygens (including phenoxy) is 3. The van der Waals surface area contributed by atoms with Crippen LogP contribution in [-0.4, -0.2) is 53.6 Å². The third kappa shape index (κ3) is 4.74. The van der Waals surface area contributed by atoms with Crippen LogP contribution in [0.15, 0.2) is 58.8 Å². The van der Waals surface area contributed by atoms with Crippen molar-refractivity contribution in [1.82, 2.24) is 20.4 Å². The molecule has 0 spiro atoms. The molecule has 2 unspecified atom stereocenters. The molecule has 8 nitrogen and oxygen atoms in total. The quantitative estimate of drug-likeness (QED) is 0.476. The average molecular weight is 493 g/mol. The molecule has 2 aromatic carbocycles. The highest BCUT2D eigenvalue weighted by Crippen LogP contribution is 2.38. The van der Waals surface area contributed by atoms with Gasteiger partial charge in [0.2, 0.25) is 5.82 Å². The summed E-state index contributed by atoms with van der Waals surface area (Å²) in [5.74, 6) is 2.44. The predicted molar refractivity (Wildman–Crippen MR) is 136 cm³/mol. The second-order valence-electron chi connectivity index (χ2n) is 8.56. The molecule has 1 saturated heterocycles. The number of aromatic nitrogens is 2. The summed E-state index contributed by atoms with van der Waals surface area (Å²) < 4.78 is 22.4. The fourth-order valence-electron chi connectivity index (χ4n) is 4.53. The number of methoxy groups -OCH3 is 2. The number of hydrogen-bond donors (Lipinski definition) is 1. The summed E-state index contributed by atoms with van der Waals surface area (Å²) in [6, 6.07) is 15.2. The first-order valence-corrected chi connectivity index (χ1v) is 12.0. The van der Waals surface area contributed by atoms with Crippen LogP contribution in [0, 0.1) is 0 Å². The van der Waals surface area contributed by atoms with Crippen LogP contribution in [0.4, 0.5) is 0 Å². The SMILES string of the molecule is COc1ccc(C2NC(=S)N(CC3CCCO3)C(C)=C2c2nc(-c3cccc(OC)c3)no2)cc1. The van der Waals surface area contributed by atoms with Crippen molar-refractivity contribution < 1.29 is 18.7 Å². The third-order valence-corrected chi connectivity index (χ3v) is 6.78. The fourth-order valence-corrected chi connectivity index (χ4v) is 4.86. The molecule has 0 saturated carbocycles. The molecule has 0 aliphatic carbocycles. The van der Waals surface area contributed by atoms with Gasteiger partial charge >= 0.3 is 0 Å². The number of nitrogens with one attached hydrogen (secondary N) is 1. The van der Waals surface area contributed by atoms with Gasteiger partial charge in [-0.25, -0.2) is 0 Å². The van der Waals surface area contributed by atoms with E-state index in [0.717, 1.165) is 53.3 Å². The van der Waals surface area contributed by atoms with Crippen molar-refractivity contribution in [2.45, 2.75) is 31.9 Å². The van der Waals surface area contributed by atoms with Gasteiger partial charge in [-0.05, 0) is 61.8 Å². The maximum Gasteiger partial charge on any atom is 0.258 e. The summed E-state index contributed by atoms with van der Waals surface area (Å²) >= 11 is 5.80. The highest BCUT2D eigenvalue weighted by molar-refractivity contribution is 7.80. The van der Waals surface area contributed by atoms with Gasteiger partial charge in [-0.15, -0.1) is 0 Å². The van der Waals surface area contributed by atoms with E-state index in [-0.39, 0.29) is 12.1 Å². The second kappa shape index (κ2) is 10.1. The molecular weight excluding hydrogens is 464 g/mol. The van der Waals surface area contributed by atoms with Gasteiger partial charge in [0, 0.05) is 17.9 Å². The summed E-state index contributed by atoms with van der Waals surface area (Å²) in [6.45, 7) is 3.51. The Morgan fingerprint density at radius 2 is 1.91 bits per heavy atom. The molecule has 1 aromatic heterocycles. The number of nitrogens with zero attached hydrogens (tertiary/aromatic N) is 3. The Morgan fingerprint density at radius 1 is 1.11 bits per heavy atom. The van der Waals surface area contributed by atoms with Crippen LogP contribution in [0.2, 0.25) is 0 Å². The van der Waals surface area contributed by atoms with Crippen LogP contribution in [-0.2, 0) is 4.74 Å². The number of hydrogen-bond acceptors (Lipinski definition) is 7. The lowest BCUT2D eigenvalue weighted by atomic mass is 9.94. The maximum absolute atomic E-state index is 5.89. The Bertz CT molecular complexity index is 1230. The average Bonchev–Trinajstić information content (AvgIpc) is 3.59. The van der Waals surface area contributed by atoms with E-state index in [2.05, 4.69) is 15.4 Å². The molecule has 0 bridgehead atoms. The molecule has 3 aromatic rings. The molecule has 0 radical (unpaired) electrons. The Hall–Kier alpha value is -3.43. The van der Waals surface area contributed by atoms with Crippen LogP contribution in [0.25, 0.3) is 17.0 Å². The number of allylic oxidation sites excluding steroid dienone is 1. The summed E-state index contributed by atoms with van der Waals surface area (Å²) in [7, 11) is 3.29. The zero-order valence-electron chi connectivity index (χ0n) is 20.0. The predicted octanol–water partition coefficient (Wildman–Crippen LogP) is 4.60. The number of rotatable bonds is 7. The molecule has 0 amide bonds. The first-order chi connectivity index (χ1) is 17.1. The van der Waals surface area contributed by atoms with Crippen molar-refractivity contribution in [1.29, 1.82) is 0 Å². The van der Waals surface area contributed by atoms with Crippen molar-refractivity contribution in [2.75, 3.05) is 27.4 Å². The zero-order valence-corrected chi connectivity index (χ0v) is 20.8. The van der Waals surface area contributed by atoms with Crippen LogP contribution < -0.4 is 14.8 Å². The molecular formula is C26H28N4O4S. The lowest BCUT2D eigenvalue weighted by molar-refractivity contribution is 0.0962. The molecule has 182 valence electrons. The summed E-state index contributed by atoms with van der Waals surface area (Å²) in [5.41, 5.74) is 3.67. The largest absolute Gasteiger partial charge is 0.497 e. The first-order valence-electron chi connectivity index (χ1n) is 11.6. The van der Waals surface area contributed by atoms with E-state index in [4.69, 9.17) is 35.9 Å². The standard InChI is InChI=1S/C26H28N4O4S/c1-16-22(25-28-24(29-34-25)18-6-4-7-20(14-18)32-3)23(17-9-11-19(31-2)12-10-17)27-26(35)30(16)15-21-8-5-13-33-21/h4,6-7,9-12,14,21,23H,5,8,13,15H2,1-3H3,(H,27,35). The van der Waals surface area contributed by atoms with Crippen molar-refractivity contribution in [3.63, 3.8) is 0 Å². The van der Waals surface area contributed by atoms with Crippen molar-refractivity contribution in [3.05, 3.63) is 65.7 Å². The van der Waals surface area contributed by atoms with E-state index >= 15 is 0 Å². The third-order valence-electron chi connectivity index (χ3n) is 6.44. The van der Waals surface area contributed by atoms with Gasteiger partial charge in [-0.1, -0.05) is 29.4 Å². The summed E-state index contributed by atoms with van der Waals surface area (Å²) in [4.78, 5) is 6.85. The minimum Gasteiger partial charge on any atom is -0.497 e. The highest BCUT2D eigenvalue weighted by atomic mass is 32.1. The van der Waals surface area contributed by atoms with Gasteiger partial charge in [0.1, 0.15) is 11.5 Å². The smallest absolute Gasteiger partial charge is 0.258 e. The van der Waals surface area contributed by atoms with Crippen molar-refractivity contribution in [3.8, 4) is 22.9 Å². The Balaban J connectivity index is 1.56. The van der Waals surface area contributed by atoms with Gasteiger partial charge in [0.25, 0.3) is 5.89 Å². The number of thiocarbonyl (C=S) groups is 1. The minimum atomic E-state index is -0.257. The minimum absolute atomic E-state index is 0.138. The van der Waals surface area contributed by atoms with Gasteiger partial charge < -0.3 is 29.0 Å². The van der Waals surface area contributed by atoms with E-state index in [1.54, 1.807) is 14.2 Å². The fraction of sp³-hybridized carbons (Fsp3) is 0.346. The topological polar surface area (TPSA) is 81.9 Å². The lowest BCUT2D eigenvalue weighted by Gasteiger charge is -2.38. The Kier molecular flexibility index (Phi) is 6.70. The summed E-state index contributed by atoms with van der Waals surface area (Å²) in [6.07, 6.45) is 2.22. The molecule has 2 aliphatic rings. The molecule has 35 heavy (non-hydrogen) atoms. The molecule has 2 atom stereocenters. The molecule has 3 heterocycles. The van der Waals surface area contributed by atoms with E-state index in [9.17, 15) is 0 Å². The molecule has 1 fully saturated rings. The number of benzene rings is 2. The van der Waals surface area contributed by atoms with Crippen LogP contribution in [0.1, 0.15) is 37.3 Å². The van der Waals surface area contributed by atoms with Crippen LogP contribution in [0.3, 0.4) is 0 Å². The summed E-state index contributed by atoms with van der Waals surface area (Å²) in [5, 5.41) is 8.42. The first kappa shape index (κ1) is 23.3. The highest BCUT2D eigenvalue weighted by Gasteiger charge is 2.35. The van der Waals surface area contributed by atoms with Gasteiger partial charge in [-0.3, -0.25) is 0 Å². The zero-order chi connectivity index (χ0) is 24.4. The van der Waals surface area contributed by atoms with Gasteiger partial charge in [0.05, 0.1) is 38.5 Å². The lowest BCUT2D eigenvalue weighted by Crippen LogP contribution is -2.48.